The molecule has 2 unspecified atom stereocenters. The highest BCUT2D eigenvalue weighted by Gasteiger charge is 2.68. The molecular weight excluding hydrogens is 244 g/mol. The van der Waals surface area contributed by atoms with Crippen LogP contribution in [0.25, 0.3) is 0 Å². The van der Waals surface area contributed by atoms with Crippen molar-refractivity contribution in [2.45, 2.75) is 58.8 Å². The third-order valence-electron chi connectivity index (χ3n) is 5.68. The monoisotopic (exact) mass is 266 g/mol. The van der Waals surface area contributed by atoms with E-state index in [0.717, 1.165) is 32.1 Å². The maximum absolute atomic E-state index is 11.8. The molecule has 0 spiro atoms. The third kappa shape index (κ3) is 1.79. The van der Waals surface area contributed by atoms with Gasteiger partial charge < -0.3 is 10.2 Å². The van der Waals surface area contributed by atoms with Crippen molar-refractivity contribution in [2.24, 2.45) is 21.7 Å². The van der Waals surface area contributed by atoms with Crippen molar-refractivity contribution in [3.05, 3.63) is 0 Å². The van der Waals surface area contributed by atoms with Gasteiger partial charge in [-0.05, 0) is 54.8 Å². The molecule has 4 nitrogen and oxygen atoms in total. The quantitative estimate of drug-likeness (QED) is 0.823. The zero-order valence-corrected chi connectivity index (χ0v) is 11.7. The highest BCUT2D eigenvalue weighted by Crippen LogP contribution is 2.74. The largest absolute Gasteiger partial charge is 0.481 e. The number of aliphatic carboxylic acids is 2. The van der Waals surface area contributed by atoms with Gasteiger partial charge in [0.25, 0.3) is 0 Å². The number of hydrogen-bond donors (Lipinski definition) is 2. The summed E-state index contributed by atoms with van der Waals surface area (Å²) in [6.07, 6.45) is 4.98. The van der Waals surface area contributed by atoms with Crippen LogP contribution in [-0.4, -0.2) is 22.2 Å². The van der Waals surface area contributed by atoms with E-state index >= 15 is 0 Å². The Labute approximate surface area is 113 Å². The van der Waals surface area contributed by atoms with Crippen LogP contribution in [0.3, 0.4) is 0 Å². The molecule has 0 radical (unpaired) electrons. The minimum atomic E-state index is -0.783. The zero-order chi connectivity index (χ0) is 14.1. The first-order valence-electron chi connectivity index (χ1n) is 7.06. The van der Waals surface area contributed by atoms with E-state index < -0.39 is 17.4 Å². The summed E-state index contributed by atoms with van der Waals surface area (Å²) in [7, 11) is 0. The Kier molecular flexibility index (Phi) is 2.27. The summed E-state index contributed by atoms with van der Waals surface area (Å²) in [4.78, 5) is 23.0. The van der Waals surface area contributed by atoms with Crippen LogP contribution in [0.1, 0.15) is 58.8 Å². The van der Waals surface area contributed by atoms with Gasteiger partial charge in [-0.25, -0.2) is 0 Å². The van der Waals surface area contributed by atoms with Crippen molar-refractivity contribution >= 4 is 11.9 Å². The maximum Gasteiger partial charge on any atom is 0.309 e. The molecule has 0 aliphatic heterocycles. The molecule has 0 aromatic rings. The number of carboxylic acids is 2. The van der Waals surface area contributed by atoms with Crippen molar-refractivity contribution < 1.29 is 19.8 Å². The molecule has 0 saturated heterocycles. The fraction of sp³-hybridized carbons (Fsp3) is 0.867. The summed E-state index contributed by atoms with van der Waals surface area (Å²) in [5.74, 6) is -1.49. The van der Waals surface area contributed by atoms with Crippen LogP contribution in [0.4, 0.5) is 0 Å². The van der Waals surface area contributed by atoms with E-state index in [1.54, 1.807) is 0 Å². The van der Waals surface area contributed by atoms with Crippen LogP contribution >= 0.6 is 0 Å². The molecule has 4 bridgehead atoms. The van der Waals surface area contributed by atoms with E-state index in [9.17, 15) is 19.8 Å². The lowest BCUT2D eigenvalue weighted by Gasteiger charge is -2.68. The van der Waals surface area contributed by atoms with E-state index in [1.165, 1.54) is 0 Å². The topological polar surface area (TPSA) is 74.6 Å². The first kappa shape index (κ1) is 12.9. The molecule has 4 rings (SSSR count). The molecule has 4 saturated carbocycles. The Morgan fingerprint density at radius 1 is 0.895 bits per heavy atom. The van der Waals surface area contributed by atoms with Crippen molar-refractivity contribution in [3.8, 4) is 0 Å². The molecule has 4 heteroatoms. The lowest BCUT2D eigenvalue weighted by atomic mass is 9.35. The van der Waals surface area contributed by atoms with Crippen molar-refractivity contribution in [1.82, 2.24) is 0 Å². The van der Waals surface area contributed by atoms with Crippen molar-refractivity contribution in [1.29, 1.82) is 0 Å². The average molecular weight is 266 g/mol. The van der Waals surface area contributed by atoms with Crippen LogP contribution in [-0.2, 0) is 9.59 Å². The summed E-state index contributed by atoms with van der Waals surface area (Å²) >= 11 is 0. The average Bonchev–Trinajstić information content (AvgIpc) is 2.07. The van der Waals surface area contributed by atoms with Crippen molar-refractivity contribution in [3.63, 3.8) is 0 Å². The summed E-state index contributed by atoms with van der Waals surface area (Å²) < 4.78 is 0. The van der Waals surface area contributed by atoms with Gasteiger partial charge in [-0.3, -0.25) is 9.59 Å². The van der Waals surface area contributed by atoms with Gasteiger partial charge in [0.05, 0.1) is 11.8 Å². The van der Waals surface area contributed by atoms with Gasteiger partial charge >= 0.3 is 11.9 Å². The lowest BCUT2D eigenvalue weighted by Crippen LogP contribution is -2.62. The second-order valence-corrected chi connectivity index (χ2v) is 8.34. The van der Waals surface area contributed by atoms with E-state index in [4.69, 9.17) is 0 Å². The predicted octanol–water partition coefficient (Wildman–Crippen LogP) is 2.91. The van der Waals surface area contributed by atoms with E-state index in [2.05, 4.69) is 13.8 Å². The maximum atomic E-state index is 11.8. The Morgan fingerprint density at radius 3 is 1.84 bits per heavy atom. The summed E-state index contributed by atoms with van der Waals surface area (Å²) in [5.41, 5.74) is -0.940. The van der Waals surface area contributed by atoms with Gasteiger partial charge in [-0.1, -0.05) is 13.8 Å². The van der Waals surface area contributed by atoms with Gasteiger partial charge in [0.2, 0.25) is 0 Å². The fourth-order valence-electron chi connectivity index (χ4n) is 6.68. The molecule has 0 amide bonds. The highest BCUT2D eigenvalue weighted by molar-refractivity contribution is 5.76. The van der Waals surface area contributed by atoms with Crippen LogP contribution in [0.2, 0.25) is 0 Å². The molecular formula is C15H22O4. The normalized spacial score (nSPS) is 51.3. The van der Waals surface area contributed by atoms with Crippen molar-refractivity contribution in [2.75, 3.05) is 0 Å². The Hall–Kier alpha value is -1.06. The predicted molar refractivity (Wildman–Crippen MR) is 68.7 cm³/mol. The number of hydrogen-bond acceptors (Lipinski definition) is 2. The minimum Gasteiger partial charge on any atom is -0.481 e. The second kappa shape index (κ2) is 3.33. The van der Waals surface area contributed by atoms with Gasteiger partial charge in [0.1, 0.15) is 0 Å². The molecule has 4 fully saturated rings. The van der Waals surface area contributed by atoms with Crippen LogP contribution < -0.4 is 0 Å². The van der Waals surface area contributed by atoms with Crippen LogP contribution in [0.15, 0.2) is 0 Å². The molecule has 19 heavy (non-hydrogen) atoms. The first-order chi connectivity index (χ1) is 8.60. The number of rotatable bonds is 3. The summed E-state index contributed by atoms with van der Waals surface area (Å²) in [6, 6.07) is 0. The van der Waals surface area contributed by atoms with Gasteiger partial charge in [0.15, 0.2) is 0 Å². The van der Waals surface area contributed by atoms with Gasteiger partial charge in [-0.2, -0.15) is 0 Å². The van der Waals surface area contributed by atoms with Gasteiger partial charge in [0, 0.05) is 0 Å². The second-order valence-electron chi connectivity index (χ2n) is 8.34. The first-order valence-corrected chi connectivity index (χ1v) is 7.06. The Balaban J connectivity index is 2.06. The van der Waals surface area contributed by atoms with Crippen LogP contribution in [0.5, 0.6) is 0 Å². The third-order valence-corrected chi connectivity index (χ3v) is 5.68. The summed E-state index contributed by atoms with van der Waals surface area (Å²) in [6.45, 7) is 4.33. The molecule has 2 N–H and O–H groups in total. The zero-order valence-electron chi connectivity index (χ0n) is 11.7. The fourth-order valence-corrected chi connectivity index (χ4v) is 6.68. The highest BCUT2D eigenvalue weighted by atomic mass is 16.4. The lowest BCUT2D eigenvalue weighted by molar-refractivity contribution is -0.211. The molecule has 4 aliphatic carbocycles. The molecule has 0 aromatic carbocycles. The van der Waals surface area contributed by atoms with E-state index in [-0.39, 0.29) is 22.7 Å². The molecule has 4 aliphatic rings. The molecule has 4 atom stereocenters. The number of carboxylic acid groups (broad SMARTS) is 2. The standard InChI is InChI=1S/C15H22O4/c1-12-4-13(2)6-14(5-12,3-10(16)17)9-15(7-12,8-13)11(18)19/h3-9H2,1-2H3,(H,16,17)(H,18,19)/t12-,13+,14?,15?. The molecule has 106 valence electrons. The van der Waals surface area contributed by atoms with E-state index in [1.807, 2.05) is 0 Å². The number of carbonyl (C=O) groups is 2. The minimum absolute atomic E-state index is 0.0112. The smallest absolute Gasteiger partial charge is 0.309 e. The SMILES string of the molecule is C[C@]12CC3(CC(=O)O)CC(C(=O)O)(C1)C[C@@](C)(C3)C2. The van der Waals surface area contributed by atoms with Gasteiger partial charge in [-0.15, -0.1) is 0 Å². The Morgan fingerprint density at radius 2 is 1.42 bits per heavy atom. The molecule has 0 heterocycles. The Bertz CT molecular complexity index is 449. The van der Waals surface area contributed by atoms with Crippen LogP contribution in [0, 0.1) is 21.7 Å². The molecule has 0 aromatic heterocycles. The summed E-state index contributed by atoms with van der Waals surface area (Å²) in [5, 5.41) is 18.9. The van der Waals surface area contributed by atoms with E-state index in [0.29, 0.717) is 6.42 Å².